The fourth-order valence-corrected chi connectivity index (χ4v) is 5.54. The standard InChI is InChI=1S/C25H17Cl5F2N2O2/c26-14-5-12(6-15(27)8-14)22-23(25(22,29)30)24(36)34-17-2-3-19(28)18(9-17)21(35)11-33-10-13-7-16(31)1-4-20(13)32/h1-9,22-23,33H,10-11H2,(H,34,36). The van der Waals surface area contributed by atoms with E-state index in [2.05, 4.69) is 10.6 Å². The molecule has 0 spiro atoms. The van der Waals surface area contributed by atoms with E-state index in [1.165, 1.54) is 18.2 Å². The molecule has 1 amide bonds. The molecular formula is C25H17Cl5F2N2O2. The third-order valence-electron chi connectivity index (χ3n) is 5.72. The third-order valence-corrected chi connectivity index (χ3v) is 7.43. The minimum atomic E-state index is -1.36. The molecule has 1 aliphatic rings. The molecule has 0 bridgehead atoms. The van der Waals surface area contributed by atoms with Gasteiger partial charge in [-0.05, 0) is 60.2 Å². The van der Waals surface area contributed by atoms with Crippen LogP contribution in [0.3, 0.4) is 0 Å². The molecule has 2 N–H and O–H groups in total. The van der Waals surface area contributed by atoms with Crippen LogP contribution in [0.25, 0.3) is 0 Å². The van der Waals surface area contributed by atoms with Crippen molar-refractivity contribution in [2.24, 2.45) is 5.92 Å². The number of Topliss-reactive ketones (excluding diaryl/α,β-unsaturated/α-hetero) is 1. The Morgan fingerprint density at radius 2 is 1.61 bits per heavy atom. The number of ketones is 1. The van der Waals surface area contributed by atoms with Crippen LogP contribution in [-0.2, 0) is 11.3 Å². The van der Waals surface area contributed by atoms with Crippen LogP contribution in [-0.4, -0.2) is 22.6 Å². The SMILES string of the molecule is O=C(CNCc1cc(F)ccc1F)c1cc(NC(=O)C2C(c3cc(Cl)cc(Cl)c3)C2(Cl)Cl)ccc1Cl. The van der Waals surface area contributed by atoms with Crippen molar-refractivity contribution >= 4 is 75.4 Å². The molecule has 1 saturated carbocycles. The van der Waals surface area contributed by atoms with Gasteiger partial charge in [0.05, 0.1) is 17.5 Å². The number of nitrogens with one attached hydrogen (secondary N) is 2. The first-order chi connectivity index (χ1) is 17.0. The summed E-state index contributed by atoms with van der Waals surface area (Å²) in [5.41, 5.74) is 1.16. The van der Waals surface area contributed by atoms with E-state index < -0.39 is 39.5 Å². The average molecular weight is 593 g/mol. The van der Waals surface area contributed by atoms with Crippen molar-refractivity contribution in [2.45, 2.75) is 16.8 Å². The second-order valence-electron chi connectivity index (χ2n) is 8.28. The van der Waals surface area contributed by atoms with E-state index in [1.807, 2.05) is 0 Å². The van der Waals surface area contributed by atoms with Crippen molar-refractivity contribution in [3.63, 3.8) is 0 Å². The monoisotopic (exact) mass is 590 g/mol. The molecule has 3 aromatic carbocycles. The maximum atomic E-state index is 13.8. The van der Waals surface area contributed by atoms with E-state index in [0.717, 1.165) is 18.2 Å². The van der Waals surface area contributed by atoms with Gasteiger partial charge in [-0.25, -0.2) is 8.78 Å². The van der Waals surface area contributed by atoms with Gasteiger partial charge in [0.2, 0.25) is 5.91 Å². The fourth-order valence-electron chi connectivity index (χ4n) is 3.94. The first-order valence-corrected chi connectivity index (χ1v) is 12.5. The van der Waals surface area contributed by atoms with Crippen LogP contribution < -0.4 is 10.6 Å². The lowest BCUT2D eigenvalue weighted by Crippen LogP contribution is -2.24. The molecule has 0 radical (unpaired) electrons. The van der Waals surface area contributed by atoms with Crippen LogP contribution in [0.2, 0.25) is 15.1 Å². The largest absolute Gasteiger partial charge is 0.326 e. The molecule has 188 valence electrons. The molecule has 0 aromatic heterocycles. The zero-order valence-corrected chi connectivity index (χ0v) is 22.0. The molecule has 36 heavy (non-hydrogen) atoms. The molecule has 0 aliphatic heterocycles. The van der Waals surface area contributed by atoms with Gasteiger partial charge in [-0.3, -0.25) is 9.59 Å². The summed E-state index contributed by atoms with van der Waals surface area (Å²) in [6, 6.07) is 12.3. The summed E-state index contributed by atoms with van der Waals surface area (Å²) < 4.78 is 25.7. The van der Waals surface area contributed by atoms with Gasteiger partial charge in [-0.1, -0.05) is 34.8 Å². The second-order valence-corrected chi connectivity index (χ2v) is 11.0. The smallest absolute Gasteiger partial charge is 0.231 e. The second kappa shape index (κ2) is 10.8. The highest BCUT2D eigenvalue weighted by molar-refractivity contribution is 6.53. The molecule has 4 rings (SSSR count). The van der Waals surface area contributed by atoms with Gasteiger partial charge in [0.15, 0.2) is 5.78 Å². The highest BCUT2D eigenvalue weighted by Crippen LogP contribution is 2.65. The van der Waals surface area contributed by atoms with E-state index in [0.29, 0.717) is 21.3 Å². The summed E-state index contributed by atoms with van der Waals surface area (Å²) >= 11 is 31.1. The zero-order valence-electron chi connectivity index (χ0n) is 18.2. The first kappa shape index (κ1) is 27.1. The molecule has 2 atom stereocenters. The van der Waals surface area contributed by atoms with Gasteiger partial charge in [-0.15, -0.1) is 23.2 Å². The minimum absolute atomic E-state index is 0.0620. The topological polar surface area (TPSA) is 58.2 Å². The number of hydrogen-bond donors (Lipinski definition) is 2. The Morgan fingerprint density at radius 1 is 0.917 bits per heavy atom. The van der Waals surface area contributed by atoms with Crippen molar-refractivity contribution in [3.05, 3.63) is 98.0 Å². The number of benzene rings is 3. The number of hydrogen-bond acceptors (Lipinski definition) is 3. The summed E-state index contributed by atoms with van der Waals surface area (Å²) in [4.78, 5) is 25.7. The van der Waals surface area contributed by atoms with Crippen molar-refractivity contribution in [3.8, 4) is 0 Å². The number of halogens is 7. The Bertz CT molecular complexity index is 1330. The average Bonchev–Trinajstić information content (AvgIpc) is 3.38. The lowest BCUT2D eigenvalue weighted by atomic mass is 10.1. The number of alkyl halides is 2. The van der Waals surface area contributed by atoms with Crippen LogP contribution in [0, 0.1) is 17.6 Å². The number of amides is 1. The Labute approximate surface area is 230 Å². The first-order valence-electron chi connectivity index (χ1n) is 10.6. The number of carbonyl (C=O) groups is 2. The van der Waals surface area contributed by atoms with Gasteiger partial charge >= 0.3 is 0 Å². The van der Waals surface area contributed by atoms with Crippen LogP contribution in [0.5, 0.6) is 0 Å². The van der Waals surface area contributed by atoms with Gasteiger partial charge in [0.25, 0.3) is 0 Å². The van der Waals surface area contributed by atoms with Gasteiger partial charge in [0, 0.05) is 39.3 Å². The predicted octanol–water partition coefficient (Wildman–Crippen LogP) is 7.42. The lowest BCUT2D eigenvalue weighted by molar-refractivity contribution is -0.117. The highest BCUT2D eigenvalue weighted by Gasteiger charge is 2.67. The summed E-state index contributed by atoms with van der Waals surface area (Å²) in [5, 5.41) is 6.43. The lowest BCUT2D eigenvalue weighted by Gasteiger charge is -2.10. The summed E-state index contributed by atoms with van der Waals surface area (Å²) in [5.74, 6) is -3.35. The molecule has 1 aliphatic carbocycles. The van der Waals surface area contributed by atoms with Crippen LogP contribution in [0.1, 0.15) is 27.4 Å². The van der Waals surface area contributed by atoms with E-state index in [1.54, 1.807) is 18.2 Å². The van der Waals surface area contributed by atoms with Crippen LogP contribution >= 0.6 is 58.0 Å². The number of carbonyl (C=O) groups excluding carboxylic acids is 2. The quantitative estimate of drug-likeness (QED) is 0.211. The molecule has 11 heteroatoms. The summed E-state index contributed by atoms with van der Waals surface area (Å²) in [6.07, 6.45) is 0. The minimum Gasteiger partial charge on any atom is -0.326 e. The van der Waals surface area contributed by atoms with Gasteiger partial charge in [0.1, 0.15) is 16.0 Å². The molecule has 2 unspecified atom stereocenters. The van der Waals surface area contributed by atoms with E-state index in [-0.39, 0.29) is 29.2 Å². The summed E-state index contributed by atoms with van der Waals surface area (Å²) in [7, 11) is 0. The van der Waals surface area contributed by atoms with Crippen molar-refractivity contribution < 1.29 is 18.4 Å². The van der Waals surface area contributed by atoms with Crippen molar-refractivity contribution in [2.75, 3.05) is 11.9 Å². The normalized spacial score (nSPS) is 18.1. The maximum absolute atomic E-state index is 13.8. The van der Waals surface area contributed by atoms with Crippen molar-refractivity contribution in [1.29, 1.82) is 0 Å². The predicted molar refractivity (Wildman–Crippen MR) is 140 cm³/mol. The van der Waals surface area contributed by atoms with Crippen LogP contribution in [0.4, 0.5) is 14.5 Å². The Hall–Kier alpha value is -1.93. The van der Waals surface area contributed by atoms with Crippen molar-refractivity contribution in [1.82, 2.24) is 5.32 Å². The summed E-state index contributed by atoms with van der Waals surface area (Å²) in [6.45, 7) is -0.257. The molecule has 0 saturated heterocycles. The Balaban J connectivity index is 1.42. The maximum Gasteiger partial charge on any atom is 0.231 e. The van der Waals surface area contributed by atoms with Gasteiger partial charge in [-0.2, -0.15) is 0 Å². The zero-order chi connectivity index (χ0) is 26.2. The Morgan fingerprint density at radius 3 is 2.31 bits per heavy atom. The fraction of sp³-hybridized carbons (Fsp3) is 0.200. The van der Waals surface area contributed by atoms with Gasteiger partial charge < -0.3 is 10.6 Å². The van der Waals surface area contributed by atoms with Crippen LogP contribution in [0.15, 0.2) is 54.6 Å². The molecule has 4 nitrogen and oxygen atoms in total. The van der Waals surface area contributed by atoms with E-state index >= 15 is 0 Å². The third kappa shape index (κ3) is 5.96. The Kier molecular flexibility index (Phi) is 8.15. The van der Waals surface area contributed by atoms with E-state index in [9.17, 15) is 18.4 Å². The molecule has 3 aromatic rings. The highest BCUT2D eigenvalue weighted by atomic mass is 35.5. The number of anilines is 1. The molecule has 1 fully saturated rings. The van der Waals surface area contributed by atoms with E-state index in [4.69, 9.17) is 58.0 Å². The molecular weight excluding hydrogens is 576 g/mol. The molecule has 0 heterocycles. The number of rotatable bonds is 8.